The van der Waals surface area contributed by atoms with E-state index in [1.165, 1.54) is 0 Å². The molecule has 1 saturated heterocycles. The van der Waals surface area contributed by atoms with Gasteiger partial charge in [0, 0.05) is 32.4 Å². The lowest BCUT2D eigenvalue weighted by atomic mass is 10.3. The topological polar surface area (TPSA) is 49.7 Å². The van der Waals surface area contributed by atoms with E-state index in [1.807, 2.05) is 18.8 Å². The van der Waals surface area contributed by atoms with Crippen molar-refractivity contribution in [2.45, 2.75) is 12.3 Å². The Balaban J connectivity index is 1.62. The van der Waals surface area contributed by atoms with Gasteiger partial charge in [0.25, 0.3) is 0 Å². The third kappa shape index (κ3) is 6.25. The number of furan rings is 1. The van der Waals surface area contributed by atoms with Crippen molar-refractivity contribution in [2.24, 2.45) is 0 Å². The molecule has 0 unspecified atom stereocenters. The maximum absolute atomic E-state index is 5.87. The van der Waals surface area contributed by atoms with Crippen LogP contribution < -0.4 is 10.6 Å². The number of nitrogens with one attached hydrogen (secondary N) is 2. The summed E-state index contributed by atoms with van der Waals surface area (Å²) < 4.78 is 11.2. The molecule has 2 heterocycles. The van der Waals surface area contributed by atoms with Crippen LogP contribution in [0.15, 0.2) is 16.5 Å². The molecule has 0 radical (unpaired) electrons. The summed E-state index contributed by atoms with van der Waals surface area (Å²) in [6, 6.07) is 4.16. The molecule has 0 aromatic carbocycles. The van der Waals surface area contributed by atoms with E-state index in [4.69, 9.17) is 21.4 Å². The highest BCUT2D eigenvalue weighted by molar-refractivity contribution is 7.98. The van der Waals surface area contributed by atoms with E-state index in [0.717, 1.165) is 62.4 Å². The van der Waals surface area contributed by atoms with Gasteiger partial charge < -0.3 is 19.8 Å². The van der Waals surface area contributed by atoms with E-state index in [1.54, 1.807) is 0 Å². The Bertz CT molecular complexity index is 434. The van der Waals surface area contributed by atoms with E-state index in [2.05, 4.69) is 27.7 Å². The molecule has 0 amide bonds. The van der Waals surface area contributed by atoms with Crippen LogP contribution in [0.25, 0.3) is 0 Å². The van der Waals surface area contributed by atoms with Crippen LogP contribution in [0.4, 0.5) is 0 Å². The second kappa shape index (κ2) is 9.30. The average molecular weight is 329 g/mol. The highest BCUT2D eigenvalue weighted by Crippen LogP contribution is 2.16. The minimum atomic E-state index is 0.696. The monoisotopic (exact) mass is 329 g/mol. The van der Waals surface area contributed by atoms with Gasteiger partial charge in [-0.2, -0.15) is 11.8 Å². The molecule has 5 nitrogen and oxygen atoms in total. The van der Waals surface area contributed by atoms with Crippen LogP contribution >= 0.6 is 24.0 Å². The van der Waals surface area contributed by atoms with Gasteiger partial charge >= 0.3 is 0 Å². The minimum Gasteiger partial charge on any atom is -0.464 e. The summed E-state index contributed by atoms with van der Waals surface area (Å²) in [7, 11) is 1.82. The summed E-state index contributed by atoms with van der Waals surface area (Å²) in [4.78, 5) is 2.36. The van der Waals surface area contributed by atoms with Crippen LogP contribution in [0.1, 0.15) is 11.5 Å². The lowest BCUT2D eigenvalue weighted by molar-refractivity contribution is 0.0312. The second-order valence-electron chi connectivity index (χ2n) is 4.82. The zero-order valence-corrected chi connectivity index (χ0v) is 14.0. The van der Waals surface area contributed by atoms with Crippen LogP contribution in [0.5, 0.6) is 0 Å². The molecule has 118 valence electrons. The quantitative estimate of drug-likeness (QED) is 0.580. The first-order chi connectivity index (χ1) is 10.3. The minimum absolute atomic E-state index is 0.696. The molecule has 0 aliphatic carbocycles. The molecule has 1 fully saturated rings. The first-order valence-corrected chi connectivity index (χ1v) is 8.75. The van der Waals surface area contributed by atoms with Crippen molar-refractivity contribution in [1.29, 1.82) is 0 Å². The van der Waals surface area contributed by atoms with Crippen molar-refractivity contribution in [3.05, 3.63) is 23.7 Å². The first kappa shape index (κ1) is 16.6. The van der Waals surface area contributed by atoms with Gasteiger partial charge in [0.1, 0.15) is 11.5 Å². The molecule has 2 N–H and O–H groups in total. The lowest BCUT2D eigenvalue weighted by Crippen LogP contribution is -2.35. The zero-order chi connectivity index (χ0) is 14.9. The van der Waals surface area contributed by atoms with Gasteiger partial charge in [-0.1, -0.05) is 0 Å². The smallest absolute Gasteiger partial charge is 0.166 e. The van der Waals surface area contributed by atoms with Crippen LogP contribution in [-0.2, 0) is 17.0 Å². The fourth-order valence-electron chi connectivity index (χ4n) is 2.06. The Labute approximate surface area is 135 Å². The molecule has 1 aliphatic rings. The first-order valence-electron chi connectivity index (χ1n) is 7.19. The Hall–Kier alpha value is -0.760. The SMILES string of the molecule is CNC(=S)NCCSCc1ccc(CN2CCOCC2)o1. The van der Waals surface area contributed by atoms with Crippen molar-refractivity contribution in [3.63, 3.8) is 0 Å². The van der Waals surface area contributed by atoms with Gasteiger partial charge in [0.15, 0.2) is 5.11 Å². The van der Waals surface area contributed by atoms with Crippen LogP contribution in [-0.4, -0.2) is 55.7 Å². The zero-order valence-electron chi connectivity index (χ0n) is 12.4. The van der Waals surface area contributed by atoms with Gasteiger partial charge in [-0.05, 0) is 24.4 Å². The number of rotatable bonds is 7. The molecule has 0 atom stereocenters. The summed E-state index contributed by atoms with van der Waals surface area (Å²) >= 11 is 6.86. The van der Waals surface area contributed by atoms with E-state index in [9.17, 15) is 0 Å². The molecule has 2 rings (SSSR count). The van der Waals surface area contributed by atoms with Crippen LogP contribution in [0.3, 0.4) is 0 Å². The molecule has 1 aromatic rings. The van der Waals surface area contributed by atoms with E-state index in [-0.39, 0.29) is 0 Å². The van der Waals surface area contributed by atoms with Crippen molar-refractivity contribution in [1.82, 2.24) is 15.5 Å². The third-order valence-corrected chi connectivity index (χ3v) is 4.53. The Morgan fingerprint density at radius 2 is 2.10 bits per heavy atom. The summed E-state index contributed by atoms with van der Waals surface area (Å²) in [6.45, 7) is 5.37. The fourth-order valence-corrected chi connectivity index (χ4v) is 2.91. The van der Waals surface area contributed by atoms with Gasteiger partial charge in [0.2, 0.25) is 0 Å². The number of morpholine rings is 1. The summed E-state index contributed by atoms with van der Waals surface area (Å²) in [5, 5.41) is 6.72. The molecule has 7 heteroatoms. The Morgan fingerprint density at radius 3 is 2.86 bits per heavy atom. The Morgan fingerprint density at radius 1 is 1.33 bits per heavy atom. The maximum atomic E-state index is 5.87. The van der Waals surface area contributed by atoms with Crippen molar-refractivity contribution < 1.29 is 9.15 Å². The fraction of sp³-hybridized carbons (Fsp3) is 0.643. The molecule has 0 bridgehead atoms. The van der Waals surface area contributed by atoms with Crippen LogP contribution in [0.2, 0.25) is 0 Å². The normalized spacial score (nSPS) is 15.9. The molecular formula is C14H23N3O2S2. The molecule has 0 spiro atoms. The molecule has 0 saturated carbocycles. The average Bonchev–Trinajstić information content (AvgIpc) is 2.95. The predicted octanol–water partition coefficient (Wildman–Crippen LogP) is 1.44. The largest absolute Gasteiger partial charge is 0.464 e. The highest BCUT2D eigenvalue weighted by Gasteiger charge is 2.12. The molecule has 1 aromatic heterocycles. The summed E-state index contributed by atoms with van der Waals surface area (Å²) in [5.74, 6) is 3.99. The lowest BCUT2D eigenvalue weighted by Gasteiger charge is -2.25. The maximum Gasteiger partial charge on any atom is 0.166 e. The summed E-state index contributed by atoms with van der Waals surface area (Å²) in [5.41, 5.74) is 0. The molecule has 1 aliphatic heterocycles. The Kier molecular flexibility index (Phi) is 7.35. The van der Waals surface area contributed by atoms with Crippen molar-refractivity contribution in [3.8, 4) is 0 Å². The van der Waals surface area contributed by atoms with Gasteiger partial charge in [0.05, 0.1) is 25.5 Å². The highest BCUT2D eigenvalue weighted by atomic mass is 32.2. The van der Waals surface area contributed by atoms with Crippen molar-refractivity contribution >= 4 is 29.1 Å². The van der Waals surface area contributed by atoms with E-state index >= 15 is 0 Å². The van der Waals surface area contributed by atoms with Gasteiger partial charge in [-0.25, -0.2) is 0 Å². The summed E-state index contributed by atoms with van der Waals surface area (Å²) in [6.07, 6.45) is 0. The van der Waals surface area contributed by atoms with E-state index < -0.39 is 0 Å². The number of thiocarbonyl (C=S) groups is 1. The van der Waals surface area contributed by atoms with E-state index in [0.29, 0.717) is 5.11 Å². The standard InChI is InChI=1S/C14H23N3O2S2/c1-15-14(20)16-4-9-21-11-13-3-2-12(19-13)10-17-5-7-18-8-6-17/h2-3H,4-11H2,1H3,(H2,15,16,20). The van der Waals surface area contributed by atoms with Gasteiger partial charge in [-0.3, -0.25) is 4.90 Å². The molecule has 21 heavy (non-hydrogen) atoms. The number of hydrogen-bond acceptors (Lipinski definition) is 5. The third-order valence-electron chi connectivity index (χ3n) is 3.20. The predicted molar refractivity (Wildman–Crippen MR) is 90.6 cm³/mol. The number of hydrogen-bond donors (Lipinski definition) is 2. The number of ether oxygens (including phenoxy) is 1. The number of thioether (sulfide) groups is 1. The van der Waals surface area contributed by atoms with Crippen molar-refractivity contribution in [2.75, 3.05) is 45.6 Å². The molecular weight excluding hydrogens is 306 g/mol. The van der Waals surface area contributed by atoms with Gasteiger partial charge in [-0.15, -0.1) is 0 Å². The number of nitrogens with zero attached hydrogens (tertiary/aromatic N) is 1. The second-order valence-corrected chi connectivity index (χ2v) is 6.33. The van der Waals surface area contributed by atoms with Crippen LogP contribution in [0, 0.1) is 0 Å².